The van der Waals surface area contributed by atoms with Gasteiger partial charge in [0.15, 0.2) is 5.60 Å². The summed E-state index contributed by atoms with van der Waals surface area (Å²) in [5.41, 5.74) is -1.49. The van der Waals surface area contributed by atoms with Crippen LogP contribution >= 0.6 is 0 Å². The number of amides is 1. The summed E-state index contributed by atoms with van der Waals surface area (Å²) in [5, 5.41) is 0. The first kappa shape index (κ1) is 21.6. The van der Waals surface area contributed by atoms with Crippen molar-refractivity contribution in [3.05, 3.63) is 65.5 Å². The standard InChI is InChI=1S/C23H23F3N2O3S/c1-22-6-5-20(15-11-17(25)13-18(26)12-15)28(22)21(29)23(31-22)7-9-27(10-8-23)32(30)19-4-2-3-16(24)14-19/h2-4,11-14,20H,5-10H2,1H3/t20-,22+,32?/m0/s1. The van der Waals surface area contributed by atoms with E-state index in [1.807, 2.05) is 6.92 Å². The van der Waals surface area contributed by atoms with Crippen molar-refractivity contribution < 1.29 is 26.9 Å². The van der Waals surface area contributed by atoms with Gasteiger partial charge in [-0.2, -0.15) is 0 Å². The molecule has 5 rings (SSSR count). The first-order valence-corrected chi connectivity index (χ1v) is 11.7. The zero-order valence-corrected chi connectivity index (χ0v) is 18.3. The van der Waals surface area contributed by atoms with E-state index < -0.39 is 45.8 Å². The van der Waals surface area contributed by atoms with Crippen LogP contribution in [0, 0.1) is 17.5 Å². The van der Waals surface area contributed by atoms with Gasteiger partial charge in [-0.1, -0.05) is 6.07 Å². The second kappa shape index (κ2) is 7.67. The van der Waals surface area contributed by atoms with E-state index in [0.29, 0.717) is 49.2 Å². The summed E-state index contributed by atoms with van der Waals surface area (Å²) < 4.78 is 62.1. The summed E-state index contributed by atoms with van der Waals surface area (Å²) >= 11 is 0. The van der Waals surface area contributed by atoms with Gasteiger partial charge in [0.2, 0.25) is 0 Å². The summed E-state index contributed by atoms with van der Waals surface area (Å²) in [6.45, 7) is 2.53. The van der Waals surface area contributed by atoms with E-state index in [0.717, 1.165) is 6.07 Å². The third-order valence-corrected chi connectivity index (χ3v) is 8.25. The third-order valence-electron chi connectivity index (χ3n) is 6.76. The Balaban J connectivity index is 1.35. The SMILES string of the molecule is C[C@@]12CC[C@@H](c3cc(F)cc(F)c3)N1C(=O)C1(CCN(S(=O)c3cccc(F)c3)CC1)O2. The molecular formula is C23H23F3N2O3S. The molecule has 0 aromatic heterocycles. The highest BCUT2D eigenvalue weighted by molar-refractivity contribution is 7.82. The normalized spacial score (nSPS) is 28.3. The predicted molar refractivity (Wildman–Crippen MR) is 111 cm³/mol. The van der Waals surface area contributed by atoms with Gasteiger partial charge in [-0.3, -0.25) is 4.79 Å². The number of hydrogen-bond acceptors (Lipinski definition) is 3. The number of halogens is 3. The van der Waals surface area contributed by atoms with E-state index in [1.165, 1.54) is 30.3 Å². The number of piperidine rings is 1. The molecule has 9 heteroatoms. The Morgan fingerprint density at radius 2 is 1.69 bits per heavy atom. The minimum Gasteiger partial charge on any atom is -0.339 e. The van der Waals surface area contributed by atoms with Crippen molar-refractivity contribution in [2.75, 3.05) is 13.1 Å². The third kappa shape index (κ3) is 3.47. The minimum absolute atomic E-state index is 0.191. The van der Waals surface area contributed by atoms with Crippen LogP contribution in [0.5, 0.6) is 0 Å². The maximum atomic E-state index is 13.8. The molecule has 2 aromatic carbocycles. The van der Waals surface area contributed by atoms with Gasteiger partial charge in [0.25, 0.3) is 5.91 Å². The fourth-order valence-electron chi connectivity index (χ4n) is 5.26. The maximum Gasteiger partial charge on any atom is 0.257 e. The molecule has 3 aliphatic heterocycles. The van der Waals surface area contributed by atoms with Gasteiger partial charge in [-0.15, -0.1) is 0 Å². The van der Waals surface area contributed by atoms with E-state index in [2.05, 4.69) is 0 Å². The largest absolute Gasteiger partial charge is 0.339 e. The smallest absolute Gasteiger partial charge is 0.257 e. The molecule has 3 fully saturated rings. The van der Waals surface area contributed by atoms with E-state index >= 15 is 0 Å². The summed E-state index contributed by atoms with van der Waals surface area (Å²) in [4.78, 5) is 15.6. The lowest BCUT2D eigenvalue weighted by molar-refractivity contribution is -0.146. The Morgan fingerprint density at radius 3 is 2.34 bits per heavy atom. The lowest BCUT2D eigenvalue weighted by Crippen LogP contribution is -2.50. The van der Waals surface area contributed by atoms with Crippen molar-refractivity contribution in [1.82, 2.24) is 9.21 Å². The zero-order valence-electron chi connectivity index (χ0n) is 17.5. The first-order valence-electron chi connectivity index (χ1n) is 10.6. The number of rotatable bonds is 3. The Kier molecular flexibility index (Phi) is 5.18. The van der Waals surface area contributed by atoms with Crippen molar-refractivity contribution in [1.29, 1.82) is 0 Å². The van der Waals surface area contributed by atoms with Crippen LogP contribution in [0.3, 0.4) is 0 Å². The quantitative estimate of drug-likeness (QED) is 0.688. The van der Waals surface area contributed by atoms with Crippen molar-refractivity contribution in [2.45, 2.75) is 54.9 Å². The van der Waals surface area contributed by atoms with Gasteiger partial charge in [-0.05, 0) is 68.5 Å². The van der Waals surface area contributed by atoms with Gasteiger partial charge < -0.3 is 9.64 Å². The van der Waals surface area contributed by atoms with Crippen LogP contribution in [-0.4, -0.2) is 43.7 Å². The van der Waals surface area contributed by atoms with Crippen LogP contribution in [0.4, 0.5) is 13.2 Å². The van der Waals surface area contributed by atoms with Gasteiger partial charge in [-0.25, -0.2) is 21.7 Å². The van der Waals surface area contributed by atoms with Crippen molar-refractivity contribution in [3.8, 4) is 0 Å². The minimum atomic E-state index is -1.54. The van der Waals surface area contributed by atoms with Crippen LogP contribution in [-0.2, 0) is 20.5 Å². The molecule has 0 saturated carbocycles. The van der Waals surface area contributed by atoms with Crippen LogP contribution < -0.4 is 0 Å². The van der Waals surface area contributed by atoms with E-state index in [-0.39, 0.29) is 5.91 Å². The Labute approximate surface area is 186 Å². The highest BCUT2D eigenvalue weighted by Gasteiger charge is 2.63. The van der Waals surface area contributed by atoms with Gasteiger partial charge in [0.1, 0.15) is 34.2 Å². The van der Waals surface area contributed by atoms with Crippen molar-refractivity contribution in [2.24, 2.45) is 0 Å². The molecule has 1 amide bonds. The summed E-state index contributed by atoms with van der Waals surface area (Å²) in [6.07, 6.45) is 1.78. The maximum absolute atomic E-state index is 13.8. The van der Waals surface area contributed by atoms with E-state index in [9.17, 15) is 22.2 Å². The molecule has 1 spiro atoms. The lowest BCUT2D eigenvalue weighted by Gasteiger charge is -2.37. The average Bonchev–Trinajstić information content (AvgIpc) is 3.18. The molecule has 0 bridgehead atoms. The lowest BCUT2D eigenvalue weighted by atomic mass is 9.90. The molecular weight excluding hydrogens is 441 g/mol. The van der Waals surface area contributed by atoms with Crippen molar-refractivity contribution in [3.63, 3.8) is 0 Å². The fraction of sp³-hybridized carbons (Fsp3) is 0.435. The highest BCUT2D eigenvalue weighted by Crippen LogP contribution is 2.53. The average molecular weight is 465 g/mol. The van der Waals surface area contributed by atoms with Crippen LogP contribution in [0.1, 0.15) is 44.2 Å². The molecule has 3 heterocycles. The van der Waals surface area contributed by atoms with Crippen LogP contribution in [0.2, 0.25) is 0 Å². The zero-order chi connectivity index (χ0) is 22.7. The predicted octanol–water partition coefficient (Wildman–Crippen LogP) is 4.07. The number of ether oxygens (including phenoxy) is 1. The molecule has 32 heavy (non-hydrogen) atoms. The summed E-state index contributed by atoms with van der Waals surface area (Å²) in [6, 6.07) is 8.56. The number of fused-ring (bicyclic) bond motifs is 1. The molecule has 3 atom stereocenters. The van der Waals surface area contributed by atoms with Gasteiger partial charge in [0, 0.05) is 19.2 Å². The Hall–Kier alpha value is -2.23. The molecule has 1 unspecified atom stereocenters. The van der Waals surface area contributed by atoms with Gasteiger partial charge in [0.05, 0.1) is 10.9 Å². The second-order valence-corrected chi connectivity index (χ2v) is 10.3. The summed E-state index contributed by atoms with van der Waals surface area (Å²) in [7, 11) is -1.54. The molecule has 3 saturated heterocycles. The molecule has 2 aromatic rings. The number of benzene rings is 2. The number of carbonyl (C=O) groups is 1. The fourth-order valence-corrected chi connectivity index (χ4v) is 6.48. The molecule has 0 N–H and O–H groups in total. The molecule has 3 aliphatic rings. The molecule has 170 valence electrons. The van der Waals surface area contributed by atoms with Crippen LogP contribution in [0.25, 0.3) is 0 Å². The van der Waals surface area contributed by atoms with Crippen molar-refractivity contribution >= 4 is 16.9 Å². The monoisotopic (exact) mass is 464 g/mol. The van der Waals surface area contributed by atoms with Crippen LogP contribution in [0.15, 0.2) is 47.4 Å². The van der Waals surface area contributed by atoms with E-state index in [1.54, 1.807) is 15.3 Å². The molecule has 5 nitrogen and oxygen atoms in total. The highest BCUT2D eigenvalue weighted by atomic mass is 32.2. The molecule has 0 aliphatic carbocycles. The Bertz CT molecular complexity index is 1090. The summed E-state index contributed by atoms with van der Waals surface area (Å²) in [5.74, 6) is -2.00. The second-order valence-electron chi connectivity index (χ2n) is 8.84. The number of carbonyl (C=O) groups excluding carboxylic acids is 1. The number of hydrogen-bond donors (Lipinski definition) is 0. The van der Waals surface area contributed by atoms with Gasteiger partial charge >= 0.3 is 0 Å². The van der Waals surface area contributed by atoms with E-state index in [4.69, 9.17) is 4.74 Å². The topological polar surface area (TPSA) is 49.9 Å². The molecule has 0 radical (unpaired) electrons. The number of nitrogens with zero attached hydrogens (tertiary/aromatic N) is 2. The Morgan fingerprint density at radius 1 is 1.00 bits per heavy atom. The first-order chi connectivity index (χ1) is 15.2.